The number of rotatable bonds is 5. The molecule has 1 N–H and O–H groups in total. The monoisotopic (exact) mass is 359 g/mol. The first-order valence-corrected chi connectivity index (χ1v) is 8.74. The zero-order chi connectivity index (χ0) is 18.7. The molecule has 0 radical (unpaired) electrons. The van der Waals surface area contributed by atoms with Crippen LogP contribution in [0.1, 0.15) is 25.5 Å². The minimum absolute atomic E-state index is 0.0445. The molecule has 0 aliphatic carbocycles. The highest BCUT2D eigenvalue weighted by atomic mass is 16.5. The van der Waals surface area contributed by atoms with Gasteiger partial charge in [-0.2, -0.15) is 15.0 Å². The van der Waals surface area contributed by atoms with Crippen molar-refractivity contribution in [2.45, 2.75) is 39.3 Å². The van der Waals surface area contributed by atoms with Crippen LogP contribution in [0.2, 0.25) is 0 Å². The van der Waals surface area contributed by atoms with E-state index in [4.69, 9.17) is 9.84 Å². The molecule has 0 amide bonds. The van der Waals surface area contributed by atoms with E-state index < -0.39 is 0 Å². The maximum absolute atomic E-state index is 9.12. The first-order chi connectivity index (χ1) is 12.5. The van der Waals surface area contributed by atoms with Gasteiger partial charge < -0.3 is 19.6 Å². The van der Waals surface area contributed by atoms with Gasteiger partial charge in [0.05, 0.1) is 13.7 Å². The third kappa shape index (κ3) is 3.82. The minimum atomic E-state index is 0.0445. The molecule has 3 heterocycles. The van der Waals surface area contributed by atoms with Gasteiger partial charge in [-0.15, -0.1) is 0 Å². The molecule has 0 unspecified atom stereocenters. The van der Waals surface area contributed by atoms with E-state index in [-0.39, 0.29) is 18.7 Å². The van der Waals surface area contributed by atoms with Crippen LogP contribution in [-0.4, -0.2) is 68.9 Å². The number of anilines is 2. The van der Waals surface area contributed by atoms with Crippen molar-refractivity contribution in [1.29, 1.82) is 0 Å². The van der Waals surface area contributed by atoms with E-state index in [1.807, 2.05) is 13.0 Å². The summed E-state index contributed by atoms with van der Waals surface area (Å²) in [5.74, 6) is 2.81. The van der Waals surface area contributed by atoms with Gasteiger partial charge in [0.15, 0.2) is 0 Å². The molecule has 1 aliphatic rings. The molecule has 1 fully saturated rings. The molecule has 0 saturated carbocycles. The Bertz CT molecular complexity index is 746. The lowest BCUT2D eigenvalue weighted by Crippen LogP contribution is -2.57. The van der Waals surface area contributed by atoms with E-state index in [1.165, 1.54) is 0 Å². The summed E-state index contributed by atoms with van der Waals surface area (Å²) < 4.78 is 5.17. The summed E-state index contributed by atoms with van der Waals surface area (Å²) in [5, 5.41) is 9.12. The molecule has 1 saturated heterocycles. The average Bonchev–Trinajstić information content (AvgIpc) is 2.61. The van der Waals surface area contributed by atoms with Crippen molar-refractivity contribution >= 4 is 11.8 Å². The fraction of sp³-hybridized carbons (Fsp3) is 0.588. The summed E-state index contributed by atoms with van der Waals surface area (Å²) in [7, 11) is 1.56. The third-order valence-electron chi connectivity index (χ3n) is 4.39. The minimum Gasteiger partial charge on any atom is -0.467 e. The lowest BCUT2D eigenvalue weighted by molar-refractivity contribution is 0.296. The number of methoxy groups -OCH3 is 1. The number of aliphatic hydroxyl groups is 1. The Morgan fingerprint density at radius 3 is 2.54 bits per heavy atom. The Kier molecular flexibility index (Phi) is 5.46. The lowest BCUT2D eigenvalue weighted by atomic mass is 10.1. The van der Waals surface area contributed by atoms with Crippen LogP contribution < -0.4 is 14.5 Å². The SMILES string of the molecule is COc1nc(C)nc(N2C[C@@H](C)N(c3ccnc(CCO)n3)[C@@H](C)C2)n1. The van der Waals surface area contributed by atoms with E-state index in [2.05, 4.69) is 48.6 Å². The molecular formula is C17H25N7O2. The fourth-order valence-electron chi connectivity index (χ4n) is 3.37. The van der Waals surface area contributed by atoms with Crippen LogP contribution in [0.4, 0.5) is 11.8 Å². The van der Waals surface area contributed by atoms with Crippen LogP contribution in [-0.2, 0) is 6.42 Å². The standard InChI is InChI=1S/C17H25N7O2/c1-11-9-23(16-19-13(3)20-17(22-16)26-4)10-12(2)24(11)15-5-7-18-14(21-15)6-8-25/h5,7,11-12,25H,6,8-10H2,1-4H3/t11-,12+. The van der Waals surface area contributed by atoms with Gasteiger partial charge in [0.1, 0.15) is 17.5 Å². The zero-order valence-electron chi connectivity index (χ0n) is 15.6. The molecule has 2 aromatic heterocycles. The number of aliphatic hydroxyl groups excluding tert-OH is 1. The van der Waals surface area contributed by atoms with Gasteiger partial charge in [-0.3, -0.25) is 0 Å². The lowest BCUT2D eigenvalue weighted by Gasteiger charge is -2.45. The van der Waals surface area contributed by atoms with Crippen molar-refractivity contribution in [3.8, 4) is 6.01 Å². The second kappa shape index (κ2) is 7.77. The molecule has 9 nitrogen and oxygen atoms in total. The number of ether oxygens (including phenoxy) is 1. The van der Waals surface area contributed by atoms with Crippen LogP contribution in [0.25, 0.3) is 0 Å². The molecule has 3 rings (SSSR count). The third-order valence-corrected chi connectivity index (χ3v) is 4.39. The van der Waals surface area contributed by atoms with E-state index >= 15 is 0 Å². The van der Waals surface area contributed by atoms with Crippen LogP contribution in [0.15, 0.2) is 12.3 Å². The van der Waals surface area contributed by atoms with Crippen LogP contribution in [0, 0.1) is 6.92 Å². The Morgan fingerprint density at radius 1 is 1.15 bits per heavy atom. The smallest absolute Gasteiger partial charge is 0.321 e. The summed E-state index contributed by atoms with van der Waals surface area (Å²) in [6.07, 6.45) is 2.21. The predicted molar refractivity (Wildman–Crippen MR) is 97.6 cm³/mol. The number of aryl methyl sites for hydroxylation is 1. The molecule has 1 aliphatic heterocycles. The topological polar surface area (TPSA) is 100 Å². The van der Waals surface area contributed by atoms with Gasteiger partial charge in [0.2, 0.25) is 5.95 Å². The zero-order valence-corrected chi connectivity index (χ0v) is 15.6. The van der Waals surface area contributed by atoms with E-state index in [0.29, 0.717) is 30.0 Å². The molecule has 0 bridgehead atoms. The summed E-state index contributed by atoms with van der Waals surface area (Å²) in [6, 6.07) is 2.66. The quantitative estimate of drug-likeness (QED) is 0.823. The molecular weight excluding hydrogens is 334 g/mol. The van der Waals surface area contributed by atoms with E-state index in [9.17, 15) is 0 Å². The van der Waals surface area contributed by atoms with Gasteiger partial charge in [-0.25, -0.2) is 9.97 Å². The van der Waals surface area contributed by atoms with Gasteiger partial charge in [0.25, 0.3) is 0 Å². The summed E-state index contributed by atoms with van der Waals surface area (Å²) in [6.45, 7) is 7.71. The second-order valence-corrected chi connectivity index (χ2v) is 6.48. The molecule has 0 spiro atoms. The van der Waals surface area contributed by atoms with Crippen molar-refractivity contribution in [3.05, 3.63) is 23.9 Å². The Hall–Kier alpha value is -2.55. The van der Waals surface area contributed by atoms with Gasteiger partial charge in [-0.1, -0.05) is 0 Å². The number of hydrogen-bond acceptors (Lipinski definition) is 9. The molecule has 2 aromatic rings. The van der Waals surface area contributed by atoms with E-state index in [0.717, 1.165) is 18.9 Å². The molecule has 140 valence electrons. The number of hydrogen-bond donors (Lipinski definition) is 1. The summed E-state index contributed by atoms with van der Waals surface area (Å²) >= 11 is 0. The summed E-state index contributed by atoms with van der Waals surface area (Å²) in [5.41, 5.74) is 0. The summed E-state index contributed by atoms with van der Waals surface area (Å²) in [4.78, 5) is 26.3. The maximum atomic E-state index is 9.12. The van der Waals surface area contributed by atoms with Crippen LogP contribution in [0.5, 0.6) is 6.01 Å². The van der Waals surface area contributed by atoms with Gasteiger partial charge in [0, 0.05) is 37.8 Å². The number of nitrogens with zero attached hydrogens (tertiary/aromatic N) is 7. The first kappa shape index (κ1) is 18.2. The Balaban J connectivity index is 1.81. The normalized spacial score (nSPS) is 20.3. The number of piperazine rings is 1. The molecule has 0 aromatic carbocycles. The Morgan fingerprint density at radius 2 is 1.88 bits per heavy atom. The van der Waals surface area contributed by atoms with Crippen molar-refractivity contribution in [2.75, 3.05) is 36.6 Å². The van der Waals surface area contributed by atoms with Crippen molar-refractivity contribution in [1.82, 2.24) is 24.9 Å². The highest BCUT2D eigenvalue weighted by molar-refractivity contribution is 5.45. The van der Waals surface area contributed by atoms with Crippen molar-refractivity contribution < 1.29 is 9.84 Å². The Labute approximate surface area is 153 Å². The van der Waals surface area contributed by atoms with E-state index in [1.54, 1.807) is 13.3 Å². The number of aromatic nitrogens is 5. The largest absolute Gasteiger partial charge is 0.467 e. The van der Waals surface area contributed by atoms with Crippen molar-refractivity contribution in [2.24, 2.45) is 0 Å². The first-order valence-electron chi connectivity index (χ1n) is 8.74. The maximum Gasteiger partial charge on any atom is 0.321 e. The van der Waals surface area contributed by atoms with Gasteiger partial charge in [-0.05, 0) is 26.8 Å². The van der Waals surface area contributed by atoms with Crippen molar-refractivity contribution in [3.63, 3.8) is 0 Å². The van der Waals surface area contributed by atoms with Gasteiger partial charge >= 0.3 is 6.01 Å². The molecule has 26 heavy (non-hydrogen) atoms. The molecule has 2 atom stereocenters. The highest BCUT2D eigenvalue weighted by Crippen LogP contribution is 2.25. The highest BCUT2D eigenvalue weighted by Gasteiger charge is 2.32. The second-order valence-electron chi connectivity index (χ2n) is 6.48. The average molecular weight is 359 g/mol. The molecule has 9 heteroatoms. The fourth-order valence-corrected chi connectivity index (χ4v) is 3.37. The van der Waals surface area contributed by atoms with Crippen LogP contribution >= 0.6 is 0 Å². The predicted octanol–water partition coefficient (Wildman–Crippen LogP) is 0.617. The van der Waals surface area contributed by atoms with Crippen LogP contribution in [0.3, 0.4) is 0 Å².